The van der Waals surface area contributed by atoms with Crippen molar-refractivity contribution in [2.24, 2.45) is 0 Å². The van der Waals surface area contributed by atoms with Crippen LogP contribution in [0.1, 0.15) is 35.0 Å². The predicted molar refractivity (Wildman–Crippen MR) is 66.0 cm³/mol. The molecule has 1 saturated carbocycles. The summed E-state index contributed by atoms with van der Waals surface area (Å²) in [6.07, 6.45) is 2.17. The van der Waals surface area contributed by atoms with Crippen molar-refractivity contribution in [3.63, 3.8) is 0 Å². The lowest BCUT2D eigenvalue weighted by atomic mass is 10.2. The largest absolute Gasteiger partial charge is 0.462 e. The van der Waals surface area contributed by atoms with Gasteiger partial charge >= 0.3 is 5.97 Å². The molecule has 1 aliphatic rings. The van der Waals surface area contributed by atoms with Crippen LogP contribution in [0, 0.1) is 11.3 Å². The maximum atomic E-state index is 11.8. The van der Waals surface area contributed by atoms with Gasteiger partial charge in [0.2, 0.25) is 0 Å². The summed E-state index contributed by atoms with van der Waals surface area (Å²) in [5.41, 5.74) is 6.32. The standard InChI is InChI=1S/C11H13N3O2S/c1-2-16-11(15)8-9(13)7(5-12)17-10(8)14-6-3-4-6/h6,14H,2-4,13H2,1H3. The highest BCUT2D eigenvalue weighted by atomic mass is 32.1. The van der Waals surface area contributed by atoms with Crippen molar-refractivity contribution >= 4 is 28.0 Å². The maximum Gasteiger partial charge on any atom is 0.343 e. The number of esters is 1. The molecular formula is C11H13N3O2S. The SMILES string of the molecule is CCOC(=O)c1c(NC2CC2)sc(C#N)c1N. The Bertz CT molecular complexity index is 486. The molecule has 1 heterocycles. The van der Waals surface area contributed by atoms with Crippen LogP contribution in [0.15, 0.2) is 0 Å². The third-order valence-electron chi connectivity index (χ3n) is 2.44. The summed E-state index contributed by atoms with van der Waals surface area (Å²) in [5.74, 6) is -0.467. The van der Waals surface area contributed by atoms with Crippen molar-refractivity contribution in [1.82, 2.24) is 0 Å². The average Bonchev–Trinajstić information content (AvgIpc) is 3.03. The Labute approximate surface area is 103 Å². The van der Waals surface area contributed by atoms with Gasteiger partial charge in [0.25, 0.3) is 0 Å². The maximum absolute atomic E-state index is 11.8. The van der Waals surface area contributed by atoms with E-state index in [1.54, 1.807) is 6.92 Å². The van der Waals surface area contributed by atoms with Crippen LogP contribution < -0.4 is 11.1 Å². The zero-order valence-corrected chi connectivity index (χ0v) is 10.3. The molecule has 0 amide bonds. The van der Waals surface area contributed by atoms with Gasteiger partial charge in [0.05, 0.1) is 12.3 Å². The van der Waals surface area contributed by atoms with E-state index in [2.05, 4.69) is 5.32 Å². The van der Waals surface area contributed by atoms with E-state index in [0.29, 0.717) is 28.1 Å². The second-order valence-electron chi connectivity index (χ2n) is 3.80. The van der Waals surface area contributed by atoms with Gasteiger partial charge < -0.3 is 15.8 Å². The van der Waals surface area contributed by atoms with Crippen LogP contribution in [-0.4, -0.2) is 18.6 Å². The van der Waals surface area contributed by atoms with Gasteiger partial charge in [-0.1, -0.05) is 0 Å². The van der Waals surface area contributed by atoms with Gasteiger partial charge in [0.15, 0.2) is 0 Å². The fourth-order valence-electron chi connectivity index (χ4n) is 1.45. The number of anilines is 2. The summed E-state index contributed by atoms with van der Waals surface area (Å²) in [5, 5.41) is 12.8. The fraction of sp³-hybridized carbons (Fsp3) is 0.455. The zero-order chi connectivity index (χ0) is 12.4. The number of thiophene rings is 1. The van der Waals surface area contributed by atoms with Crippen molar-refractivity contribution in [1.29, 1.82) is 5.26 Å². The van der Waals surface area contributed by atoms with Crippen LogP contribution in [0.2, 0.25) is 0 Å². The van der Waals surface area contributed by atoms with E-state index in [1.165, 1.54) is 11.3 Å². The topological polar surface area (TPSA) is 88.1 Å². The number of nitrogen functional groups attached to an aromatic ring is 1. The molecular weight excluding hydrogens is 238 g/mol. The van der Waals surface area contributed by atoms with Crippen molar-refractivity contribution < 1.29 is 9.53 Å². The molecule has 5 nitrogen and oxygen atoms in total. The highest BCUT2D eigenvalue weighted by Gasteiger charge is 2.28. The van der Waals surface area contributed by atoms with E-state index >= 15 is 0 Å². The normalized spacial score (nSPS) is 14.1. The molecule has 0 radical (unpaired) electrons. The number of rotatable bonds is 4. The predicted octanol–water partition coefficient (Wildman–Crippen LogP) is 1.95. The average molecular weight is 251 g/mol. The smallest absolute Gasteiger partial charge is 0.343 e. The van der Waals surface area contributed by atoms with E-state index < -0.39 is 5.97 Å². The molecule has 17 heavy (non-hydrogen) atoms. The number of carbonyl (C=O) groups is 1. The van der Waals surface area contributed by atoms with Gasteiger partial charge in [0, 0.05) is 6.04 Å². The number of hydrogen-bond donors (Lipinski definition) is 2. The van der Waals surface area contributed by atoms with Crippen molar-refractivity contribution in [3.8, 4) is 6.07 Å². The fourth-order valence-corrected chi connectivity index (χ4v) is 2.43. The van der Waals surface area contributed by atoms with E-state index in [9.17, 15) is 4.79 Å². The number of nitrogens with two attached hydrogens (primary N) is 1. The van der Waals surface area contributed by atoms with Gasteiger partial charge in [0.1, 0.15) is 21.5 Å². The van der Waals surface area contributed by atoms with Gasteiger partial charge in [-0.05, 0) is 19.8 Å². The summed E-state index contributed by atoms with van der Waals surface area (Å²) in [7, 11) is 0. The van der Waals surface area contributed by atoms with Crippen molar-refractivity contribution in [2.75, 3.05) is 17.7 Å². The van der Waals surface area contributed by atoms with Crippen LogP contribution in [0.25, 0.3) is 0 Å². The number of carbonyl (C=O) groups excluding carboxylic acids is 1. The van der Waals surface area contributed by atoms with E-state index in [-0.39, 0.29) is 5.69 Å². The highest BCUT2D eigenvalue weighted by Crippen LogP contribution is 2.38. The van der Waals surface area contributed by atoms with E-state index in [1.807, 2.05) is 6.07 Å². The van der Waals surface area contributed by atoms with E-state index in [4.69, 9.17) is 15.7 Å². The first-order valence-corrected chi connectivity index (χ1v) is 6.25. The van der Waals surface area contributed by atoms with Gasteiger partial charge in [-0.25, -0.2) is 4.79 Å². The van der Waals surface area contributed by atoms with Gasteiger partial charge in [-0.2, -0.15) is 5.26 Å². The second-order valence-corrected chi connectivity index (χ2v) is 4.82. The summed E-state index contributed by atoms with van der Waals surface area (Å²) in [4.78, 5) is 12.1. The van der Waals surface area contributed by atoms with Crippen LogP contribution in [0.4, 0.5) is 10.7 Å². The van der Waals surface area contributed by atoms with Gasteiger partial charge in [-0.15, -0.1) is 11.3 Å². The Morgan fingerprint density at radius 3 is 2.94 bits per heavy atom. The molecule has 0 aromatic carbocycles. The third-order valence-corrected chi connectivity index (χ3v) is 3.48. The third kappa shape index (κ3) is 2.34. The van der Waals surface area contributed by atoms with Crippen molar-refractivity contribution in [2.45, 2.75) is 25.8 Å². The molecule has 1 aromatic rings. The summed E-state index contributed by atoms with van der Waals surface area (Å²) >= 11 is 1.21. The molecule has 6 heteroatoms. The van der Waals surface area contributed by atoms with Crippen LogP contribution in [0.3, 0.4) is 0 Å². The van der Waals surface area contributed by atoms with E-state index in [0.717, 1.165) is 12.8 Å². The molecule has 0 atom stereocenters. The Morgan fingerprint density at radius 2 is 2.41 bits per heavy atom. The Morgan fingerprint density at radius 1 is 1.71 bits per heavy atom. The molecule has 1 aliphatic carbocycles. The lowest BCUT2D eigenvalue weighted by Gasteiger charge is -2.06. The quantitative estimate of drug-likeness (QED) is 0.798. The summed E-state index contributed by atoms with van der Waals surface area (Å²) in [6.45, 7) is 2.03. The first kappa shape index (κ1) is 11.7. The first-order chi connectivity index (χ1) is 8.17. The van der Waals surface area contributed by atoms with Crippen molar-refractivity contribution in [3.05, 3.63) is 10.4 Å². The second kappa shape index (κ2) is 4.63. The Balaban J connectivity index is 2.34. The Hall–Kier alpha value is -1.74. The van der Waals surface area contributed by atoms with Gasteiger partial charge in [-0.3, -0.25) is 0 Å². The molecule has 90 valence electrons. The van der Waals surface area contributed by atoms with Crippen LogP contribution in [-0.2, 0) is 4.74 Å². The summed E-state index contributed by atoms with van der Waals surface area (Å²) < 4.78 is 4.95. The van der Waals surface area contributed by atoms with Crippen LogP contribution in [0.5, 0.6) is 0 Å². The molecule has 3 N–H and O–H groups in total. The minimum absolute atomic E-state index is 0.221. The van der Waals surface area contributed by atoms with Crippen LogP contribution >= 0.6 is 11.3 Å². The highest BCUT2D eigenvalue weighted by molar-refractivity contribution is 7.17. The minimum atomic E-state index is -0.467. The molecule has 0 bridgehead atoms. The molecule has 0 spiro atoms. The monoisotopic (exact) mass is 251 g/mol. The number of nitrogens with zero attached hydrogens (tertiary/aromatic N) is 1. The lowest BCUT2D eigenvalue weighted by molar-refractivity contribution is 0.0529. The molecule has 1 fully saturated rings. The summed E-state index contributed by atoms with van der Waals surface area (Å²) in [6, 6.07) is 2.39. The number of hydrogen-bond acceptors (Lipinski definition) is 6. The number of nitriles is 1. The molecule has 0 unspecified atom stereocenters. The first-order valence-electron chi connectivity index (χ1n) is 5.43. The zero-order valence-electron chi connectivity index (χ0n) is 9.45. The molecule has 1 aromatic heterocycles. The molecule has 0 saturated heterocycles. The Kier molecular flexibility index (Phi) is 3.20. The number of nitrogens with one attached hydrogen (secondary N) is 1. The lowest BCUT2D eigenvalue weighted by Crippen LogP contribution is -2.10. The number of ether oxygens (including phenoxy) is 1. The minimum Gasteiger partial charge on any atom is -0.462 e. The molecule has 2 rings (SSSR count). The molecule has 0 aliphatic heterocycles.